The van der Waals surface area contributed by atoms with E-state index in [0.717, 1.165) is 16.1 Å². The normalized spacial score (nSPS) is 17.2. The molecular formula is C17H14N2O. The van der Waals surface area contributed by atoms with Gasteiger partial charge < -0.3 is 4.90 Å². The van der Waals surface area contributed by atoms with Crippen LogP contribution in [-0.2, 0) is 0 Å². The minimum absolute atomic E-state index is 0.0375. The summed E-state index contributed by atoms with van der Waals surface area (Å²) in [6, 6.07) is 3.84. The molecule has 0 N–H and O–H groups in total. The van der Waals surface area contributed by atoms with Gasteiger partial charge in [-0.2, -0.15) is 0 Å². The SMILES string of the molecule is CN1C=CC(=C/C=c2/ccc3c(n2)C(=O)C=CC=3)C=C1. The number of hydrogen-bond donors (Lipinski definition) is 0. The van der Waals surface area contributed by atoms with Crippen LogP contribution < -0.4 is 10.6 Å². The maximum atomic E-state index is 11.8. The summed E-state index contributed by atoms with van der Waals surface area (Å²) in [4.78, 5) is 18.1. The molecule has 20 heavy (non-hydrogen) atoms. The number of ketones is 1. The van der Waals surface area contributed by atoms with Crippen LogP contribution >= 0.6 is 0 Å². The third-order valence-electron chi connectivity index (χ3n) is 3.16. The maximum Gasteiger partial charge on any atom is 0.204 e. The zero-order chi connectivity index (χ0) is 13.9. The van der Waals surface area contributed by atoms with E-state index in [1.165, 1.54) is 0 Å². The number of rotatable bonds is 1. The van der Waals surface area contributed by atoms with E-state index in [9.17, 15) is 4.79 Å². The van der Waals surface area contributed by atoms with Gasteiger partial charge in [-0.25, -0.2) is 4.98 Å². The van der Waals surface area contributed by atoms with Gasteiger partial charge in [-0.1, -0.05) is 24.3 Å². The molecule has 0 bridgehead atoms. The first-order chi connectivity index (χ1) is 9.72. The molecule has 0 unspecified atom stereocenters. The van der Waals surface area contributed by atoms with E-state index in [1.54, 1.807) is 12.2 Å². The summed E-state index contributed by atoms with van der Waals surface area (Å²) >= 11 is 0. The van der Waals surface area contributed by atoms with Gasteiger partial charge in [0.25, 0.3) is 0 Å². The summed E-state index contributed by atoms with van der Waals surface area (Å²) in [6.07, 6.45) is 17.1. The molecule has 1 aliphatic carbocycles. The van der Waals surface area contributed by atoms with Crippen molar-refractivity contribution in [2.75, 3.05) is 7.05 Å². The smallest absolute Gasteiger partial charge is 0.204 e. The number of carbonyl (C=O) groups is 1. The van der Waals surface area contributed by atoms with Crippen molar-refractivity contribution in [2.45, 2.75) is 0 Å². The molecular weight excluding hydrogens is 248 g/mol. The molecule has 1 aromatic heterocycles. The van der Waals surface area contributed by atoms with Crippen LogP contribution in [0.4, 0.5) is 0 Å². The van der Waals surface area contributed by atoms with Gasteiger partial charge in [-0.05, 0) is 35.9 Å². The van der Waals surface area contributed by atoms with Crippen molar-refractivity contribution in [1.82, 2.24) is 9.88 Å². The van der Waals surface area contributed by atoms with E-state index < -0.39 is 0 Å². The quantitative estimate of drug-likeness (QED) is 0.764. The van der Waals surface area contributed by atoms with Crippen LogP contribution in [0.25, 0.3) is 12.2 Å². The minimum Gasteiger partial charge on any atom is -0.357 e. The van der Waals surface area contributed by atoms with Gasteiger partial charge in [-0.3, -0.25) is 4.79 Å². The second kappa shape index (κ2) is 5.13. The zero-order valence-corrected chi connectivity index (χ0v) is 11.2. The molecule has 3 rings (SSSR count). The van der Waals surface area contributed by atoms with Gasteiger partial charge >= 0.3 is 0 Å². The van der Waals surface area contributed by atoms with Crippen molar-refractivity contribution in [2.24, 2.45) is 0 Å². The Morgan fingerprint density at radius 1 is 1.10 bits per heavy atom. The van der Waals surface area contributed by atoms with Crippen LogP contribution in [0.2, 0.25) is 0 Å². The van der Waals surface area contributed by atoms with E-state index >= 15 is 0 Å². The standard InChI is InChI=1S/C17H14N2O/c1-19-11-9-13(10-12-19)5-7-15-8-6-14-3-2-4-16(20)17(14)18-15/h2-12H,1H3/b15-7-. The Labute approximate surface area is 117 Å². The van der Waals surface area contributed by atoms with Crippen LogP contribution in [-0.4, -0.2) is 22.7 Å². The van der Waals surface area contributed by atoms with E-state index in [0.29, 0.717) is 5.69 Å². The van der Waals surface area contributed by atoms with Gasteiger partial charge in [0.2, 0.25) is 5.78 Å². The fourth-order valence-corrected chi connectivity index (χ4v) is 2.03. The molecule has 0 saturated heterocycles. The monoisotopic (exact) mass is 262 g/mol. The molecule has 0 saturated carbocycles. The first-order valence-corrected chi connectivity index (χ1v) is 6.42. The third-order valence-corrected chi connectivity index (χ3v) is 3.16. The van der Waals surface area contributed by atoms with Gasteiger partial charge in [0.05, 0.1) is 5.35 Å². The topological polar surface area (TPSA) is 33.2 Å². The largest absolute Gasteiger partial charge is 0.357 e. The van der Waals surface area contributed by atoms with Gasteiger partial charge in [0.1, 0.15) is 5.69 Å². The van der Waals surface area contributed by atoms with Crippen molar-refractivity contribution in [3.63, 3.8) is 0 Å². The Morgan fingerprint density at radius 3 is 2.70 bits per heavy atom. The van der Waals surface area contributed by atoms with Crippen LogP contribution in [0.5, 0.6) is 0 Å². The van der Waals surface area contributed by atoms with Crippen molar-refractivity contribution in [3.8, 4) is 0 Å². The maximum absolute atomic E-state index is 11.8. The van der Waals surface area contributed by atoms with Crippen LogP contribution in [0, 0.1) is 0 Å². The molecule has 2 aliphatic rings. The summed E-state index contributed by atoms with van der Waals surface area (Å²) in [5.74, 6) is -0.0375. The lowest BCUT2D eigenvalue weighted by molar-refractivity contribution is 0.104. The van der Waals surface area contributed by atoms with Crippen molar-refractivity contribution in [1.29, 1.82) is 0 Å². The highest BCUT2D eigenvalue weighted by Gasteiger charge is 2.07. The Hall–Kier alpha value is -2.68. The molecule has 0 radical (unpaired) electrons. The molecule has 0 amide bonds. The number of allylic oxidation sites excluding steroid dienone is 6. The Morgan fingerprint density at radius 2 is 1.90 bits per heavy atom. The average molecular weight is 262 g/mol. The lowest BCUT2D eigenvalue weighted by atomic mass is 10.1. The predicted octanol–water partition coefficient (Wildman–Crippen LogP) is 1.29. The van der Waals surface area contributed by atoms with Crippen LogP contribution in [0.1, 0.15) is 10.5 Å². The van der Waals surface area contributed by atoms with Gasteiger partial charge in [0.15, 0.2) is 0 Å². The number of hydrogen-bond acceptors (Lipinski definition) is 3. The van der Waals surface area contributed by atoms with Crippen LogP contribution in [0.15, 0.2) is 60.5 Å². The number of nitrogens with zero attached hydrogens (tertiary/aromatic N) is 2. The molecule has 3 nitrogen and oxygen atoms in total. The van der Waals surface area contributed by atoms with E-state index in [2.05, 4.69) is 4.98 Å². The number of aromatic nitrogens is 1. The second-order valence-corrected chi connectivity index (χ2v) is 4.69. The van der Waals surface area contributed by atoms with Crippen molar-refractivity contribution < 1.29 is 4.79 Å². The lowest BCUT2D eigenvalue weighted by Crippen LogP contribution is -2.24. The van der Waals surface area contributed by atoms with E-state index in [-0.39, 0.29) is 5.78 Å². The highest BCUT2D eigenvalue weighted by Crippen LogP contribution is 2.07. The average Bonchev–Trinajstić information content (AvgIpc) is 2.47. The molecule has 3 heteroatoms. The lowest BCUT2D eigenvalue weighted by Gasteiger charge is -2.11. The molecule has 1 aromatic rings. The first kappa shape index (κ1) is 12.4. The number of carbonyl (C=O) groups excluding carboxylic acids is 1. The fourth-order valence-electron chi connectivity index (χ4n) is 2.03. The molecule has 1 aliphatic heterocycles. The van der Waals surface area contributed by atoms with Gasteiger partial charge in [0, 0.05) is 24.7 Å². The number of pyridine rings is 1. The van der Waals surface area contributed by atoms with Crippen molar-refractivity contribution >= 4 is 17.9 Å². The molecule has 0 fully saturated rings. The predicted molar refractivity (Wildman–Crippen MR) is 80.0 cm³/mol. The molecule has 0 atom stereocenters. The van der Waals surface area contributed by atoms with Crippen LogP contribution in [0.3, 0.4) is 0 Å². The number of fused-ring (bicyclic) bond motifs is 1. The van der Waals surface area contributed by atoms with Gasteiger partial charge in [-0.15, -0.1) is 0 Å². The summed E-state index contributed by atoms with van der Waals surface area (Å²) < 4.78 is 0. The first-order valence-electron chi connectivity index (χ1n) is 6.42. The summed E-state index contributed by atoms with van der Waals surface area (Å²) in [5.41, 5.74) is 1.62. The molecule has 98 valence electrons. The third kappa shape index (κ3) is 2.52. The summed E-state index contributed by atoms with van der Waals surface area (Å²) in [6.45, 7) is 0. The highest BCUT2D eigenvalue weighted by atomic mass is 16.1. The summed E-state index contributed by atoms with van der Waals surface area (Å²) in [7, 11) is 1.98. The van der Waals surface area contributed by atoms with E-state index in [4.69, 9.17) is 0 Å². The molecule has 2 heterocycles. The minimum atomic E-state index is -0.0375. The Balaban J connectivity index is 1.97. The zero-order valence-electron chi connectivity index (χ0n) is 11.2. The van der Waals surface area contributed by atoms with E-state index in [1.807, 2.05) is 66.9 Å². The fraction of sp³-hybridized carbons (Fsp3) is 0.0588. The second-order valence-electron chi connectivity index (χ2n) is 4.69. The highest BCUT2D eigenvalue weighted by molar-refractivity contribution is 6.05. The van der Waals surface area contributed by atoms with Crippen molar-refractivity contribution in [3.05, 3.63) is 76.7 Å². The molecule has 0 spiro atoms. The Bertz CT molecular complexity index is 779. The summed E-state index contributed by atoms with van der Waals surface area (Å²) in [5, 5.41) is 1.66. The molecule has 0 aromatic carbocycles. The Kier molecular flexibility index (Phi) is 3.17.